The van der Waals surface area contributed by atoms with Crippen LogP contribution in [0.3, 0.4) is 0 Å². The molecular weight excluding hydrogens is 298 g/mol. The maximum atomic E-state index is 12.1. The number of alkyl halides is 2. The van der Waals surface area contributed by atoms with Crippen molar-refractivity contribution in [3.8, 4) is 0 Å². The molecule has 0 aromatic heterocycles. The number of nitrogens with one attached hydrogen (secondary N) is 1. The van der Waals surface area contributed by atoms with Crippen molar-refractivity contribution >= 4 is 23.8 Å². The zero-order valence-electron chi connectivity index (χ0n) is 10.4. The monoisotopic (exact) mass is 308 g/mol. The van der Waals surface area contributed by atoms with E-state index >= 15 is 0 Å². The number of ether oxygens (including phenoxy) is 1. The zero-order chi connectivity index (χ0) is 15.8. The number of hydrogen-bond donors (Lipinski definition) is 2. The summed E-state index contributed by atoms with van der Waals surface area (Å²) in [6.45, 7) is -0.538. The lowest BCUT2D eigenvalue weighted by Gasteiger charge is -2.30. The standard InChI is InChI=1S/C10H10F2N2O7/c11-6(12)7(16)13-4-3-20-14(8(4)17)10(9(18)19)2-1-5(15)21-10/h4,6H,1-3H2,(H,13,16)(H,18,19). The Bertz CT molecular complexity index is 512. The topological polar surface area (TPSA) is 122 Å². The summed E-state index contributed by atoms with van der Waals surface area (Å²) in [6, 6.07) is -1.47. The van der Waals surface area contributed by atoms with Gasteiger partial charge in [-0.05, 0) is 0 Å². The first-order chi connectivity index (χ1) is 9.78. The first kappa shape index (κ1) is 15.1. The minimum atomic E-state index is -3.33. The van der Waals surface area contributed by atoms with E-state index in [-0.39, 0.29) is 12.8 Å². The first-order valence-corrected chi connectivity index (χ1v) is 5.78. The Morgan fingerprint density at radius 2 is 2.10 bits per heavy atom. The quantitative estimate of drug-likeness (QED) is 0.614. The summed E-state index contributed by atoms with van der Waals surface area (Å²) in [5.74, 6) is -5.25. The molecule has 2 aliphatic rings. The van der Waals surface area contributed by atoms with Crippen molar-refractivity contribution in [3.63, 3.8) is 0 Å². The van der Waals surface area contributed by atoms with Crippen LogP contribution in [-0.2, 0) is 28.8 Å². The van der Waals surface area contributed by atoms with Crippen LogP contribution < -0.4 is 5.32 Å². The minimum absolute atomic E-state index is 0.243. The third-order valence-corrected chi connectivity index (χ3v) is 3.00. The van der Waals surface area contributed by atoms with Crippen molar-refractivity contribution < 1.29 is 42.6 Å². The van der Waals surface area contributed by atoms with E-state index in [2.05, 4.69) is 4.74 Å². The highest BCUT2D eigenvalue weighted by molar-refractivity contribution is 5.94. The predicted octanol–water partition coefficient (Wildman–Crippen LogP) is -1.37. The second-order valence-corrected chi connectivity index (χ2v) is 4.35. The van der Waals surface area contributed by atoms with E-state index in [1.165, 1.54) is 0 Å². The molecule has 2 aliphatic heterocycles. The SMILES string of the molecule is O=C1CCC(C(=O)O)(N2OCC(NC(=O)C(F)F)C2=O)O1. The van der Waals surface area contributed by atoms with Gasteiger partial charge in [0.1, 0.15) is 12.6 Å². The van der Waals surface area contributed by atoms with Crippen molar-refractivity contribution in [2.24, 2.45) is 0 Å². The Balaban J connectivity index is 2.15. The molecular formula is C10H10F2N2O7. The number of amides is 2. The summed E-state index contributed by atoms with van der Waals surface area (Å²) in [6.07, 6.45) is -3.92. The van der Waals surface area contributed by atoms with E-state index in [1.54, 1.807) is 5.32 Å². The number of nitrogens with zero attached hydrogens (tertiary/aromatic N) is 1. The maximum Gasteiger partial charge on any atom is 0.372 e. The first-order valence-electron chi connectivity index (χ1n) is 5.78. The molecule has 2 atom stereocenters. The fourth-order valence-corrected chi connectivity index (χ4v) is 1.99. The van der Waals surface area contributed by atoms with Crippen LogP contribution in [0.25, 0.3) is 0 Å². The number of cyclic esters (lactones) is 1. The molecule has 0 aromatic rings. The Morgan fingerprint density at radius 1 is 1.43 bits per heavy atom. The molecule has 9 nitrogen and oxygen atoms in total. The molecule has 2 unspecified atom stereocenters. The second-order valence-electron chi connectivity index (χ2n) is 4.35. The molecule has 2 N–H and O–H groups in total. The Hall–Kier alpha value is -2.30. The van der Waals surface area contributed by atoms with Crippen molar-refractivity contribution in [3.05, 3.63) is 0 Å². The number of carbonyl (C=O) groups excluding carboxylic acids is 3. The van der Waals surface area contributed by atoms with Crippen molar-refractivity contribution in [1.29, 1.82) is 0 Å². The molecule has 0 saturated carbocycles. The van der Waals surface area contributed by atoms with Crippen molar-refractivity contribution in [2.75, 3.05) is 6.61 Å². The average Bonchev–Trinajstić information content (AvgIpc) is 2.95. The summed E-state index contributed by atoms with van der Waals surface area (Å²) in [5, 5.41) is 11.2. The van der Waals surface area contributed by atoms with Gasteiger partial charge in [0.15, 0.2) is 0 Å². The lowest BCUT2D eigenvalue weighted by atomic mass is 10.1. The Labute approximate surface area is 115 Å². The van der Waals surface area contributed by atoms with Gasteiger partial charge in [0.2, 0.25) is 0 Å². The summed E-state index contributed by atoms with van der Waals surface area (Å²) in [5.41, 5.74) is -2.33. The number of rotatable bonds is 4. The largest absolute Gasteiger partial charge is 0.477 e. The van der Waals surface area contributed by atoms with E-state index in [0.717, 1.165) is 0 Å². The Morgan fingerprint density at radius 3 is 2.57 bits per heavy atom. The zero-order valence-corrected chi connectivity index (χ0v) is 10.4. The van der Waals surface area contributed by atoms with Gasteiger partial charge in [-0.1, -0.05) is 0 Å². The van der Waals surface area contributed by atoms with Crippen LogP contribution in [0, 0.1) is 0 Å². The van der Waals surface area contributed by atoms with Crippen LogP contribution >= 0.6 is 0 Å². The summed E-state index contributed by atoms with van der Waals surface area (Å²) >= 11 is 0. The molecule has 0 aromatic carbocycles. The second kappa shape index (κ2) is 5.24. The van der Waals surface area contributed by atoms with E-state index < -0.39 is 48.6 Å². The van der Waals surface area contributed by atoms with Crippen LogP contribution in [0.5, 0.6) is 0 Å². The van der Waals surface area contributed by atoms with Crippen LogP contribution in [0.4, 0.5) is 8.78 Å². The van der Waals surface area contributed by atoms with E-state index in [1.807, 2.05) is 0 Å². The number of hydroxylamine groups is 2. The molecule has 2 rings (SSSR count). The van der Waals surface area contributed by atoms with Gasteiger partial charge in [-0.2, -0.15) is 13.8 Å². The minimum Gasteiger partial charge on any atom is -0.477 e. The van der Waals surface area contributed by atoms with Gasteiger partial charge in [0.05, 0.1) is 6.42 Å². The highest BCUT2D eigenvalue weighted by Crippen LogP contribution is 2.33. The maximum absolute atomic E-state index is 12.1. The molecule has 0 spiro atoms. The van der Waals surface area contributed by atoms with Gasteiger partial charge in [0.25, 0.3) is 11.8 Å². The average molecular weight is 308 g/mol. The Kier molecular flexibility index (Phi) is 3.77. The van der Waals surface area contributed by atoms with Crippen molar-refractivity contribution in [1.82, 2.24) is 10.4 Å². The lowest BCUT2D eigenvalue weighted by Crippen LogP contribution is -2.56. The van der Waals surface area contributed by atoms with Crippen LogP contribution in [-0.4, -0.2) is 58.7 Å². The highest BCUT2D eigenvalue weighted by Gasteiger charge is 2.59. The van der Waals surface area contributed by atoms with Gasteiger partial charge in [-0.3, -0.25) is 19.2 Å². The molecule has 21 heavy (non-hydrogen) atoms. The number of carboxylic acids is 1. The molecule has 0 radical (unpaired) electrons. The molecule has 2 saturated heterocycles. The lowest BCUT2D eigenvalue weighted by molar-refractivity contribution is -0.256. The van der Waals surface area contributed by atoms with E-state index in [4.69, 9.17) is 9.94 Å². The van der Waals surface area contributed by atoms with Crippen molar-refractivity contribution in [2.45, 2.75) is 31.0 Å². The number of halogens is 2. The highest BCUT2D eigenvalue weighted by atomic mass is 19.3. The summed E-state index contributed by atoms with van der Waals surface area (Å²) in [4.78, 5) is 50.0. The van der Waals surface area contributed by atoms with Crippen LogP contribution in [0.1, 0.15) is 12.8 Å². The summed E-state index contributed by atoms with van der Waals surface area (Å²) < 4.78 is 28.9. The van der Waals surface area contributed by atoms with Gasteiger partial charge in [0, 0.05) is 6.42 Å². The normalized spacial score (nSPS) is 28.9. The van der Waals surface area contributed by atoms with Gasteiger partial charge in [-0.15, -0.1) is 0 Å². The number of carbonyl (C=O) groups is 4. The number of hydrogen-bond acceptors (Lipinski definition) is 6. The summed E-state index contributed by atoms with van der Waals surface area (Å²) in [7, 11) is 0. The molecule has 11 heteroatoms. The van der Waals surface area contributed by atoms with Gasteiger partial charge < -0.3 is 15.2 Å². The van der Waals surface area contributed by atoms with Gasteiger partial charge in [-0.25, -0.2) is 4.79 Å². The molecule has 0 aliphatic carbocycles. The fraction of sp³-hybridized carbons (Fsp3) is 0.600. The molecule has 2 heterocycles. The number of carboxylic acid groups (broad SMARTS) is 1. The number of esters is 1. The van der Waals surface area contributed by atoms with Crippen LogP contribution in [0.2, 0.25) is 0 Å². The smallest absolute Gasteiger partial charge is 0.372 e. The molecule has 2 fully saturated rings. The third kappa shape index (κ3) is 2.51. The fourth-order valence-electron chi connectivity index (χ4n) is 1.99. The van der Waals surface area contributed by atoms with Crippen LogP contribution in [0.15, 0.2) is 0 Å². The van der Waals surface area contributed by atoms with Gasteiger partial charge >= 0.3 is 24.1 Å². The molecule has 2 amide bonds. The third-order valence-electron chi connectivity index (χ3n) is 3.00. The molecule has 116 valence electrons. The molecule has 0 bridgehead atoms. The van der Waals surface area contributed by atoms with E-state index in [9.17, 15) is 28.0 Å². The van der Waals surface area contributed by atoms with E-state index in [0.29, 0.717) is 5.06 Å². The predicted molar refractivity (Wildman–Crippen MR) is 56.4 cm³/mol. The number of aliphatic carboxylic acids is 1.